The summed E-state index contributed by atoms with van der Waals surface area (Å²) in [5.74, 6) is 1.00. The summed E-state index contributed by atoms with van der Waals surface area (Å²) < 4.78 is 14.9. The molecule has 0 radical (unpaired) electrons. The van der Waals surface area contributed by atoms with Crippen LogP contribution in [-0.4, -0.2) is 57.3 Å². The van der Waals surface area contributed by atoms with E-state index in [1.165, 1.54) is 23.1 Å². The van der Waals surface area contributed by atoms with Gasteiger partial charge in [0.15, 0.2) is 5.82 Å². The first-order chi connectivity index (χ1) is 17.5. The molecule has 0 atom stereocenters. The highest BCUT2D eigenvalue weighted by Gasteiger charge is 2.51. The maximum Gasteiger partial charge on any atom is 0.255 e. The fourth-order valence-corrected chi connectivity index (χ4v) is 7.55. The predicted molar refractivity (Wildman–Crippen MR) is 139 cm³/mol. The second kappa shape index (κ2) is 9.19. The lowest BCUT2D eigenvalue weighted by molar-refractivity contribution is 0.0580. The van der Waals surface area contributed by atoms with Gasteiger partial charge in [-0.3, -0.25) is 4.79 Å². The van der Waals surface area contributed by atoms with Crippen LogP contribution in [0.4, 0.5) is 16.2 Å². The van der Waals surface area contributed by atoms with Gasteiger partial charge < -0.3 is 15.1 Å². The van der Waals surface area contributed by atoms with Crippen molar-refractivity contribution in [3.63, 3.8) is 0 Å². The molecule has 2 fully saturated rings. The van der Waals surface area contributed by atoms with Crippen LogP contribution in [0.25, 0.3) is 10.6 Å². The summed E-state index contributed by atoms with van der Waals surface area (Å²) in [5.41, 5.74) is 1.94. The fourth-order valence-electron chi connectivity index (χ4n) is 6.16. The molecular weight excluding hydrogens is 475 g/mol. The third kappa shape index (κ3) is 3.89. The second-order valence-corrected chi connectivity index (χ2v) is 11.3. The maximum atomic E-state index is 14.9. The lowest BCUT2D eigenvalue weighted by atomic mass is 9.91. The van der Waals surface area contributed by atoms with Crippen molar-refractivity contribution in [3.8, 4) is 10.6 Å². The molecule has 188 valence electrons. The Balaban J connectivity index is 1.24. The molecule has 3 aromatic heterocycles. The zero-order valence-corrected chi connectivity index (χ0v) is 21.6. The highest BCUT2D eigenvalue weighted by molar-refractivity contribution is 7.16. The number of aromatic nitrogens is 3. The van der Waals surface area contributed by atoms with Crippen LogP contribution < -0.4 is 5.32 Å². The van der Waals surface area contributed by atoms with Gasteiger partial charge in [0.1, 0.15) is 11.5 Å². The fraction of sp³-hybridized carbons (Fsp3) is 0.481. The Hall–Kier alpha value is -2.91. The van der Waals surface area contributed by atoms with Gasteiger partial charge in [0.05, 0.1) is 22.2 Å². The summed E-state index contributed by atoms with van der Waals surface area (Å²) in [5, 5.41) is 3.12. The number of carbonyl (C=O) groups excluding carboxylic acids is 1. The van der Waals surface area contributed by atoms with E-state index in [9.17, 15) is 9.18 Å². The van der Waals surface area contributed by atoms with E-state index < -0.39 is 5.82 Å². The molecule has 0 aromatic carbocycles. The Morgan fingerprint density at radius 2 is 1.94 bits per heavy atom. The molecule has 0 bridgehead atoms. The smallest absolute Gasteiger partial charge is 0.255 e. The van der Waals surface area contributed by atoms with Crippen LogP contribution in [0.15, 0.2) is 30.6 Å². The Kier molecular flexibility index (Phi) is 6.00. The summed E-state index contributed by atoms with van der Waals surface area (Å²) in [7, 11) is 2.16. The first kappa shape index (κ1) is 23.5. The molecule has 36 heavy (non-hydrogen) atoms. The number of amides is 1. The Morgan fingerprint density at radius 3 is 2.64 bits per heavy atom. The first-order valence-electron chi connectivity index (χ1n) is 12.9. The molecule has 1 saturated carbocycles. The number of rotatable bonds is 5. The van der Waals surface area contributed by atoms with E-state index in [1.54, 1.807) is 0 Å². The molecule has 2 aliphatic heterocycles. The van der Waals surface area contributed by atoms with Gasteiger partial charge in [0, 0.05) is 17.6 Å². The molecule has 3 aliphatic rings. The van der Waals surface area contributed by atoms with E-state index in [1.807, 2.05) is 30.2 Å². The lowest BCUT2D eigenvalue weighted by Gasteiger charge is -2.34. The van der Waals surface area contributed by atoms with Crippen LogP contribution in [0, 0.1) is 5.82 Å². The van der Waals surface area contributed by atoms with Gasteiger partial charge in [-0.05, 0) is 76.4 Å². The van der Waals surface area contributed by atoms with Crippen LogP contribution in [-0.2, 0) is 5.54 Å². The van der Waals surface area contributed by atoms with E-state index in [4.69, 9.17) is 0 Å². The van der Waals surface area contributed by atoms with Gasteiger partial charge in [-0.1, -0.05) is 18.9 Å². The van der Waals surface area contributed by atoms with Crippen LogP contribution in [0.1, 0.15) is 72.2 Å². The molecule has 9 heteroatoms. The van der Waals surface area contributed by atoms with Gasteiger partial charge in [0.2, 0.25) is 5.95 Å². The highest BCUT2D eigenvalue weighted by atomic mass is 32.1. The molecule has 1 spiro atoms. The Morgan fingerprint density at radius 1 is 1.17 bits per heavy atom. The number of fused-ring (bicyclic) bond motifs is 2. The third-order valence-corrected chi connectivity index (χ3v) is 9.42. The van der Waals surface area contributed by atoms with Gasteiger partial charge in [-0.2, -0.15) is 0 Å². The number of hydrogen-bond donors (Lipinski definition) is 1. The monoisotopic (exact) mass is 506 g/mol. The van der Waals surface area contributed by atoms with Crippen molar-refractivity contribution < 1.29 is 9.18 Å². The predicted octanol–water partition coefficient (Wildman–Crippen LogP) is 5.54. The van der Waals surface area contributed by atoms with Crippen LogP contribution in [0.2, 0.25) is 0 Å². The average molecular weight is 507 g/mol. The maximum absolute atomic E-state index is 14.9. The standard InChI is InChI=1S/C27H31FN6OS/c1-3-34-25(35)19-14-21(36-24(19)27(34)10-4-5-11-27)23-20(28)16-30-26(32-23)31-22-7-6-18(15-29-22)17-8-12-33(2)13-9-17/h6-7,14-17H,3-5,8-13H2,1-2H3,(H,29,30,31,32). The van der Waals surface area contributed by atoms with E-state index in [0.29, 0.717) is 28.7 Å². The largest absolute Gasteiger partial charge is 0.328 e. The minimum absolute atomic E-state index is 0.0543. The minimum Gasteiger partial charge on any atom is -0.328 e. The molecular formula is C27H31FN6OS. The van der Waals surface area contributed by atoms with Crippen molar-refractivity contribution in [3.05, 3.63) is 52.4 Å². The van der Waals surface area contributed by atoms with Crippen molar-refractivity contribution in [1.82, 2.24) is 24.8 Å². The zero-order valence-electron chi connectivity index (χ0n) is 20.8. The minimum atomic E-state index is -0.494. The summed E-state index contributed by atoms with van der Waals surface area (Å²) in [6.07, 6.45) is 9.54. The summed E-state index contributed by atoms with van der Waals surface area (Å²) >= 11 is 1.50. The van der Waals surface area contributed by atoms with E-state index in [0.717, 1.165) is 56.5 Å². The molecule has 5 heterocycles. The van der Waals surface area contributed by atoms with Crippen LogP contribution in [0.5, 0.6) is 0 Å². The molecule has 1 saturated heterocycles. The quantitative estimate of drug-likeness (QED) is 0.490. The number of thiophene rings is 1. The van der Waals surface area contributed by atoms with Crippen LogP contribution in [0.3, 0.4) is 0 Å². The van der Waals surface area contributed by atoms with Gasteiger partial charge in [-0.25, -0.2) is 19.3 Å². The first-order valence-corrected chi connectivity index (χ1v) is 13.7. The topological polar surface area (TPSA) is 74.2 Å². The number of anilines is 2. The SMILES string of the molecule is CCN1C(=O)c2cc(-c3nc(Nc4ccc(C5CCN(C)CC5)cn4)ncc3F)sc2C12CCCC2. The van der Waals surface area contributed by atoms with Crippen molar-refractivity contribution >= 4 is 29.0 Å². The molecule has 3 aromatic rings. The van der Waals surface area contributed by atoms with Crippen LogP contribution >= 0.6 is 11.3 Å². The van der Waals surface area contributed by atoms with Crippen molar-refractivity contribution in [2.75, 3.05) is 32.0 Å². The van der Waals surface area contributed by atoms with Crippen molar-refractivity contribution in [1.29, 1.82) is 0 Å². The van der Waals surface area contributed by atoms with Gasteiger partial charge in [0.25, 0.3) is 5.91 Å². The third-order valence-electron chi connectivity index (χ3n) is 8.09. The van der Waals surface area contributed by atoms with E-state index in [-0.39, 0.29) is 23.1 Å². The summed E-state index contributed by atoms with van der Waals surface area (Å²) in [6, 6.07) is 5.86. The number of pyridine rings is 1. The van der Waals surface area contributed by atoms with Crippen molar-refractivity contribution in [2.24, 2.45) is 0 Å². The number of nitrogens with one attached hydrogen (secondary N) is 1. The summed E-state index contributed by atoms with van der Waals surface area (Å²) in [4.78, 5) is 32.5. The van der Waals surface area contributed by atoms with Crippen molar-refractivity contribution in [2.45, 2.75) is 56.9 Å². The highest BCUT2D eigenvalue weighted by Crippen LogP contribution is 2.54. The molecule has 0 unspecified atom stereocenters. The van der Waals surface area contributed by atoms with E-state index in [2.05, 4.69) is 38.3 Å². The average Bonchev–Trinajstić information content (AvgIpc) is 3.59. The molecule has 1 amide bonds. The number of halogens is 1. The molecule has 6 rings (SSSR count). The van der Waals surface area contributed by atoms with Gasteiger partial charge in [-0.15, -0.1) is 11.3 Å². The lowest BCUT2D eigenvalue weighted by Crippen LogP contribution is -2.41. The van der Waals surface area contributed by atoms with Gasteiger partial charge >= 0.3 is 0 Å². The zero-order chi connectivity index (χ0) is 24.9. The molecule has 1 N–H and O–H groups in total. The number of carbonyl (C=O) groups is 1. The number of hydrogen-bond acceptors (Lipinski definition) is 7. The Labute approximate surface area is 214 Å². The molecule has 7 nitrogen and oxygen atoms in total. The van der Waals surface area contributed by atoms with E-state index >= 15 is 0 Å². The number of likely N-dealkylation sites (tertiary alicyclic amines) is 1. The summed E-state index contributed by atoms with van der Waals surface area (Å²) in [6.45, 7) is 4.93. The normalized spacial score (nSPS) is 19.9. The molecule has 1 aliphatic carbocycles. The number of piperidine rings is 1. The number of nitrogens with zero attached hydrogens (tertiary/aromatic N) is 5. The second-order valence-electron chi connectivity index (χ2n) is 10.2. The Bertz CT molecular complexity index is 1280.